The van der Waals surface area contributed by atoms with E-state index in [1.54, 1.807) is 0 Å². The molecule has 3 heteroatoms. The van der Waals surface area contributed by atoms with Crippen LogP contribution in [0.2, 0.25) is 0 Å². The van der Waals surface area contributed by atoms with Gasteiger partial charge in [0.05, 0.1) is 6.61 Å². The molecule has 1 aromatic heterocycles. The number of nitrogens with zero attached hydrogens (tertiary/aromatic N) is 1. The fourth-order valence-electron chi connectivity index (χ4n) is 2.14. The Morgan fingerprint density at radius 1 is 1.21 bits per heavy atom. The quantitative estimate of drug-likeness (QED) is 0.770. The lowest BCUT2D eigenvalue weighted by Gasteiger charge is -2.09. The molecule has 0 fully saturated rings. The van der Waals surface area contributed by atoms with Crippen molar-refractivity contribution in [3.05, 3.63) is 59.4 Å². The summed E-state index contributed by atoms with van der Waals surface area (Å²) in [5.74, 6) is -0.238. The fourth-order valence-corrected chi connectivity index (χ4v) is 2.14. The zero-order valence-electron chi connectivity index (χ0n) is 11.4. The van der Waals surface area contributed by atoms with Gasteiger partial charge in [0.2, 0.25) is 0 Å². The van der Waals surface area contributed by atoms with Crippen LogP contribution in [0, 0.1) is 6.92 Å². The molecule has 0 spiro atoms. The van der Waals surface area contributed by atoms with Crippen LogP contribution in [0.4, 0.5) is 0 Å². The van der Waals surface area contributed by atoms with Gasteiger partial charge in [0.1, 0.15) is 5.69 Å². The van der Waals surface area contributed by atoms with Crippen molar-refractivity contribution in [1.29, 1.82) is 0 Å². The van der Waals surface area contributed by atoms with Crippen LogP contribution in [-0.4, -0.2) is 17.1 Å². The molecule has 100 valence electrons. The van der Waals surface area contributed by atoms with Gasteiger partial charge in [0, 0.05) is 12.7 Å². The molecule has 2 aromatic rings. The van der Waals surface area contributed by atoms with Crippen LogP contribution in [-0.2, 0) is 17.7 Å². The highest BCUT2D eigenvalue weighted by atomic mass is 16.5. The Labute approximate surface area is 113 Å². The van der Waals surface area contributed by atoms with Crippen LogP contribution in [0.25, 0.3) is 0 Å². The van der Waals surface area contributed by atoms with Crippen molar-refractivity contribution in [2.75, 3.05) is 6.61 Å². The van der Waals surface area contributed by atoms with Gasteiger partial charge in [-0.2, -0.15) is 0 Å². The first kappa shape index (κ1) is 13.4. The standard InChI is InChI=1S/C16H19NO2/c1-3-19-16(18)15-13(2)9-11-17(15)12-10-14-7-5-4-6-8-14/h4-9,11H,3,10,12H2,1-2H3. The SMILES string of the molecule is CCOC(=O)c1c(C)ccn1CCc1ccccc1. The number of esters is 1. The second-order valence-corrected chi connectivity index (χ2v) is 4.50. The van der Waals surface area contributed by atoms with E-state index in [0.717, 1.165) is 18.5 Å². The van der Waals surface area contributed by atoms with E-state index in [0.29, 0.717) is 12.3 Å². The zero-order chi connectivity index (χ0) is 13.7. The van der Waals surface area contributed by atoms with Crippen molar-refractivity contribution in [2.24, 2.45) is 0 Å². The van der Waals surface area contributed by atoms with Crippen LogP contribution in [0.3, 0.4) is 0 Å². The van der Waals surface area contributed by atoms with Gasteiger partial charge < -0.3 is 9.30 Å². The Morgan fingerprint density at radius 2 is 1.95 bits per heavy atom. The molecule has 0 amide bonds. The lowest BCUT2D eigenvalue weighted by atomic mass is 10.1. The van der Waals surface area contributed by atoms with E-state index < -0.39 is 0 Å². The Morgan fingerprint density at radius 3 is 2.63 bits per heavy atom. The normalized spacial score (nSPS) is 10.4. The second-order valence-electron chi connectivity index (χ2n) is 4.50. The Hall–Kier alpha value is -2.03. The van der Waals surface area contributed by atoms with Gasteiger partial charge in [-0.3, -0.25) is 0 Å². The summed E-state index contributed by atoms with van der Waals surface area (Å²) in [6.45, 7) is 4.95. The van der Waals surface area contributed by atoms with Crippen LogP contribution in [0.15, 0.2) is 42.6 Å². The maximum Gasteiger partial charge on any atom is 0.355 e. The van der Waals surface area contributed by atoms with Gasteiger partial charge >= 0.3 is 5.97 Å². The van der Waals surface area contributed by atoms with Crippen LogP contribution in [0.1, 0.15) is 28.5 Å². The van der Waals surface area contributed by atoms with Crippen molar-refractivity contribution in [2.45, 2.75) is 26.8 Å². The predicted molar refractivity (Wildman–Crippen MR) is 75.3 cm³/mol. The molecular weight excluding hydrogens is 238 g/mol. The van der Waals surface area contributed by atoms with Gasteiger partial charge in [-0.25, -0.2) is 4.79 Å². The molecule has 0 aliphatic heterocycles. The van der Waals surface area contributed by atoms with Gasteiger partial charge in [-0.15, -0.1) is 0 Å². The topological polar surface area (TPSA) is 31.2 Å². The highest BCUT2D eigenvalue weighted by Crippen LogP contribution is 2.13. The third-order valence-electron chi connectivity index (χ3n) is 3.12. The first-order valence-electron chi connectivity index (χ1n) is 6.59. The molecule has 0 radical (unpaired) electrons. The van der Waals surface area contributed by atoms with Crippen molar-refractivity contribution in [1.82, 2.24) is 4.57 Å². The number of aryl methyl sites for hydroxylation is 3. The summed E-state index contributed by atoms with van der Waals surface area (Å²) >= 11 is 0. The minimum absolute atomic E-state index is 0.238. The van der Waals surface area contributed by atoms with Crippen LogP contribution >= 0.6 is 0 Å². The number of carbonyl (C=O) groups excluding carboxylic acids is 1. The molecule has 19 heavy (non-hydrogen) atoms. The predicted octanol–water partition coefficient (Wildman–Crippen LogP) is 3.22. The average molecular weight is 257 g/mol. The summed E-state index contributed by atoms with van der Waals surface area (Å²) in [5, 5.41) is 0. The zero-order valence-corrected chi connectivity index (χ0v) is 11.4. The summed E-state index contributed by atoms with van der Waals surface area (Å²) in [6, 6.07) is 12.2. The summed E-state index contributed by atoms with van der Waals surface area (Å²) < 4.78 is 7.07. The molecule has 0 unspecified atom stereocenters. The molecule has 0 aliphatic carbocycles. The Kier molecular flexibility index (Phi) is 4.39. The van der Waals surface area contributed by atoms with Gasteiger partial charge in [-0.1, -0.05) is 30.3 Å². The molecular formula is C16H19NO2. The van der Waals surface area contributed by atoms with E-state index in [4.69, 9.17) is 4.74 Å². The molecule has 2 rings (SSSR count). The van der Waals surface area contributed by atoms with Gasteiger partial charge in [0.15, 0.2) is 0 Å². The highest BCUT2D eigenvalue weighted by Gasteiger charge is 2.15. The number of benzene rings is 1. The fraction of sp³-hybridized carbons (Fsp3) is 0.312. The molecule has 3 nitrogen and oxygen atoms in total. The monoisotopic (exact) mass is 257 g/mol. The molecule has 0 atom stereocenters. The minimum Gasteiger partial charge on any atom is -0.461 e. The molecule has 0 saturated heterocycles. The highest BCUT2D eigenvalue weighted by molar-refractivity contribution is 5.89. The van der Waals surface area contributed by atoms with Crippen LogP contribution < -0.4 is 0 Å². The molecule has 1 aromatic carbocycles. The lowest BCUT2D eigenvalue weighted by molar-refractivity contribution is 0.0513. The van der Waals surface area contributed by atoms with E-state index in [1.807, 2.05) is 48.9 Å². The summed E-state index contributed by atoms with van der Waals surface area (Å²) in [5.41, 5.74) is 2.90. The second kappa shape index (κ2) is 6.23. The Balaban J connectivity index is 2.11. The maximum atomic E-state index is 11.9. The molecule has 1 heterocycles. The van der Waals surface area contributed by atoms with E-state index in [-0.39, 0.29) is 5.97 Å². The summed E-state index contributed by atoms with van der Waals surface area (Å²) in [7, 11) is 0. The van der Waals surface area contributed by atoms with E-state index in [9.17, 15) is 4.79 Å². The number of aromatic nitrogens is 1. The molecule has 0 saturated carbocycles. The van der Waals surface area contributed by atoms with E-state index in [1.165, 1.54) is 5.56 Å². The summed E-state index contributed by atoms with van der Waals surface area (Å²) in [4.78, 5) is 11.9. The third-order valence-corrected chi connectivity index (χ3v) is 3.12. The number of ether oxygens (including phenoxy) is 1. The third kappa shape index (κ3) is 3.25. The van der Waals surface area contributed by atoms with Crippen molar-refractivity contribution < 1.29 is 9.53 Å². The average Bonchev–Trinajstić information content (AvgIpc) is 2.79. The van der Waals surface area contributed by atoms with Crippen molar-refractivity contribution in [3.8, 4) is 0 Å². The number of rotatable bonds is 5. The van der Waals surface area contributed by atoms with Gasteiger partial charge in [-0.05, 0) is 37.5 Å². The number of hydrogen-bond donors (Lipinski definition) is 0. The van der Waals surface area contributed by atoms with Crippen molar-refractivity contribution in [3.63, 3.8) is 0 Å². The first-order valence-corrected chi connectivity index (χ1v) is 6.59. The van der Waals surface area contributed by atoms with Gasteiger partial charge in [0.25, 0.3) is 0 Å². The van der Waals surface area contributed by atoms with E-state index >= 15 is 0 Å². The number of carbonyl (C=O) groups is 1. The molecule has 0 aliphatic rings. The molecule has 0 N–H and O–H groups in total. The Bertz CT molecular complexity index is 543. The van der Waals surface area contributed by atoms with Crippen LogP contribution in [0.5, 0.6) is 0 Å². The van der Waals surface area contributed by atoms with E-state index in [2.05, 4.69) is 12.1 Å². The summed E-state index contributed by atoms with van der Waals surface area (Å²) in [6.07, 6.45) is 2.85. The first-order chi connectivity index (χ1) is 9.22. The smallest absolute Gasteiger partial charge is 0.355 e. The maximum absolute atomic E-state index is 11.9. The minimum atomic E-state index is -0.238. The lowest BCUT2D eigenvalue weighted by Crippen LogP contribution is -2.14. The molecule has 0 bridgehead atoms. The largest absolute Gasteiger partial charge is 0.461 e. The number of hydrogen-bond acceptors (Lipinski definition) is 2. The van der Waals surface area contributed by atoms with Crippen molar-refractivity contribution >= 4 is 5.97 Å².